The van der Waals surface area contributed by atoms with Gasteiger partial charge in [-0.05, 0) is 75.8 Å². The standard InChI is InChI=1S/C23H30ClN3O.H3N/c1-5-27(6-2)13-7-8-16(3)25-23-19-11-9-17(24)14-22(19)26-21-12-10-18(28-4)15-20(21)23;/h9-12,14-16H,5-8,13H2,1-4H3,(H,25,26);1H3. The molecular formula is C23H33ClN4O. The Bertz CT molecular complexity index is 943. The van der Waals surface area contributed by atoms with Crippen molar-refractivity contribution in [2.24, 2.45) is 0 Å². The van der Waals surface area contributed by atoms with Crippen molar-refractivity contribution < 1.29 is 4.74 Å². The van der Waals surface area contributed by atoms with Crippen molar-refractivity contribution in [1.29, 1.82) is 0 Å². The second kappa shape index (κ2) is 10.6. The maximum absolute atomic E-state index is 6.22. The average molecular weight is 417 g/mol. The first-order valence-corrected chi connectivity index (χ1v) is 10.5. The van der Waals surface area contributed by atoms with Crippen LogP contribution < -0.4 is 16.2 Å². The first-order chi connectivity index (χ1) is 13.5. The van der Waals surface area contributed by atoms with Crippen LogP contribution in [-0.4, -0.2) is 42.7 Å². The number of ether oxygens (including phenoxy) is 1. The van der Waals surface area contributed by atoms with Crippen LogP contribution >= 0.6 is 11.6 Å². The fourth-order valence-corrected chi connectivity index (χ4v) is 3.82. The topological polar surface area (TPSA) is 72.4 Å². The number of anilines is 1. The molecule has 1 aromatic heterocycles. The van der Waals surface area contributed by atoms with Gasteiger partial charge in [-0.25, -0.2) is 4.98 Å². The normalized spacial score (nSPS) is 12.2. The van der Waals surface area contributed by atoms with Crippen LogP contribution in [0.2, 0.25) is 5.02 Å². The second-order valence-electron chi connectivity index (χ2n) is 7.25. The smallest absolute Gasteiger partial charge is 0.119 e. The molecule has 0 aliphatic heterocycles. The van der Waals surface area contributed by atoms with Gasteiger partial charge in [0.05, 0.1) is 23.8 Å². The van der Waals surface area contributed by atoms with Gasteiger partial charge in [0.25, 0.3) is 0 Å². The first-order valence-electron chi connectivity index (χ1n) is 10.1. The van der Waals surface area contributed by atoms with E-state index in [1.165, 1.54) is 6.42 Å². The molecule has 5 nitrogen and oxygen atoms in total. The lowest BCUT2D eigenvalue weighted by atomic mass is 10.1. The van der Waals surface area contributed by atoms with E-state index in [9.17, 15) is 0 Å². The minimum Gasteiger partial charge on any atom is -0.497 e. The van der Waals surface area contributed by atoms with Gasteiger partial charge in [0.15, 0.2) is 0 Å². The van der Waals surface area contributed by atoms with Crippen LogP contribution in [0.25, 0.3) is 21.8 Å². The second-order valence-corrected chi connectivity index (χ2v) is 7.68. The van der Waals surface area contributed by atoms with E-state index in [1.54, 1.807) is 7.11 Å². The molecule has 1 heterocycles. The summed E-state index contributed by atoms with van der Waals surface area (Å²) in [5, 5.41) is 6.61. The van der Waals surface area contributed by atoms with E-state index in [4.69, 9.17) is 21.3 Å². The van der Waals surface area contributed by atoms with Crippen molar-refractivity contribution in [2.75, 3.05) is 32.1 Å². The Balaban J connectivity index is 0.00000300. The number of nitrogens with zero attached hydrogens (tertiary/aromatic N) is 2. The molecule has 0 radical (unpaired) electrons. The Morgan fingerprint density at radius 1 is 1.07 bits per heavy atom. The van der Waals surface area contributed by atoms with Gasteiger partial charge in [0.1, 0.15) is 5.75 Å². The number of pyridine rings is 1. The van der Waals surface area contributed by atoms with E-state index < -0.39 is 0 Å². The third-order valence-corrected chi connectivity index (χ3v) is 5.57. The number of rotatable bonds is 9. The quantitative estimate of drug-likeness (QED) is 0.410. The highest BCUT2D eigenvalue weighted by molar-refractivity contribution is 6.31. The maximum atomic E-state index is 6.22. The Labute approximate surface area is 179 Å². The molecule has 3 rings (SSSR count). The summed E-state index contributed by atoms with van der Waals surface area (Å²) in [5.74, 6) is 0.833. The molecule has 0 bridgehead atoms. The van der Waals surface area contributed by atoms with Gasteiger partial charge in [-0.3, -0.25) is 0 Å². The first kappa shape index (κ1) is 23.2. The molecule has 2 aromatic carbocycles. The molecule has 0 fully saturated rings. The maximum Gasteiger partial charge on any atom is 0.119 e. The van der Waals surface area contributed by atoms with Crippen LogP contribution in [-0.2, 0) is 0 Å². The molecule has 0 aliphatic carbocycles. The van der Waals surface area contributed by atoms with E-state index >= 15 is 0 Å². The van der Waals surface area contributed by atoms with Crippen molar-refractivity contribution in [3.63, 3.8) is 0 Å². The number of nitrogens with one attached hydrogen (secondary N) is 1. The van der Waals surface area contributed by atoms with Gasteiger partial charge >= 0.3 is 0 Å². The molecule has 1 atom stereocenters. The molecule has 0 saturated heterocycles. The predicted octanol–water partition coefficient (Wildman–Crippen LogP) is 6.13. The van der Waals surface area contributed by atoms with E-state index in [2.05, 4.69) is 43.1 Å². The molecule has 29 heavy (non-hydrogen) atoms. The highest BCUT2D eigenvalue weighted by Crippen LogP contribution is 2.34. The van der Waals surface area contributed by atoms with Crippen molar-refractivity contribution in [1.82, 2.24) is 16.0 Å². The summed E-state index contributed by atoms with van der Waals surface area (Å²) in [4.78, 5) is 7.27. The molecule has 0 amide bonds. The molecule has 3 aromatic rings. The van der Waals surface area contributed by atoms with Gasteiger partial charge in [-0.1, -0.05) is 25.4 Å². The molecule has 1 unspecified atom stereocenters. The average Bonchev–Trinajstić information content (AvgIpc) is 2.70. The fraction of sp³-hybridized carbons (Fsp3) is 0.435. The summed E-state index contributed by atoms with van der Waals surface area (Å²) in [6.45, 7) is 10.0. The van der Waals surface area contributed by atoms with Gasteiger partial charge < -0.3 is 21.1 Å². The van der Waals surface area contributed by atoms with Crippen molar-refractivity contribution >= 4 is 39.1 Å². The van der Waals surface area contributed by atoms with E-state index in [0.29, 0.717) is 11.1 Å². The molecule has 158 valence electrons. The lowest BCUT2D eigenvalue weighted by molar-refractivity contribution is 0.295. The largest absolute Gasteiger partial charge is 0.497 e. The molecule has 0 aliphatic rings. The van der Waals surface area contributed by atoms with Crippen molar-refractivity contribution in [3.05, 3.63) is 41.4 Å². The Morgan fingerprint density at radius 3 is 2.52 bits per heavy atom. The molecule has 0 spiro atoms. The number of methoxy groups -OCH3 is 1. The van der Waals surface area contributed by atoms with Gasteiger partial charge in [0, 0.05) is 21.8 Å². The third kappa shape index (κ3) is 5.50. The summed E-state index contributed by atoms with van der Waals surface area (Å²) in [6.07, 6.45) is 2.28. The van der Waals surface area contributed by atoms with Crippen molar-refractivity contribution in [3.8, 4) is 5.75 Å². The summed E-state index contributed by atoms with van der Waals surface area (Å²) < 4.78 is 5.45. The molecular weight excluding hydrogens is 384 g/mol. The molecule has 4 N–H and O–H groups in total. The van der Waals surface area contributed by atoms with Crippen molar-refractivity contribution in [2.45, 2.75) is 39.7 Å². The third-order valence-electron chi connectivity index (χ3n) is 5.34. The number of hydrogen-bond donors (Lipinski definition) is 2. The van der Waals surface area contributed by atoms with Gasteiger partial charge in [-0.15, -0.1) is 0 Å². The molecule has 0 saturated carbocycles. The summed E-state index contributed by atoms with van der Waals surface area (Å²) in [7, 11) is 1.69. The monoisotopic (exact) mass is 416 g/mol. The Morgan fingerprint density at radius 2 is 1.83 bits per heavy atom. The minimum atomic E-state index is 0. The highest BCUT2D eigenvalue weighted by Gasteiger charge is 2.13. The van der Waals surface area contributed by atoms with Gasteiger partial charge in [0.2, 0.25) is 0 Å². The van der Waals surface area contributed by atoms with E-state index in [-0.39, 0.29) is 6.15 Å². The van der Waals surface area contributed by atoms with Crippen LogP contribution in [0.1, 0.15) is 33.6 Å². The van der Waals surface area contributed by atoms with Crippen LogP contribution in [0.15, 0.2) is 36.4 Å². The van der Waals surface area contributed by atoms with Crippen LogP contribution in [0.5, 0.6) is 5.75 Å². The SMILES string of the molecule is CCN(CC)CCCC(C)Nc1c2ccc(Cl)cc2nc2ccc(OC)cc12.N. The van der Waals surface area contributed by atoms with Crippen LogP contribution in [0.3, 0.4) is 0 Å². The zero-order valence-corrected chi connectivity index (χ0v) is 18.7. The number of hydrogen-bond acceptors (Lipinski definition) is 5. The van der Waals surface area contributed by atoms with Crippen LogP contribution in [0.4, 0.5) is 5.69 Å². The van der Waals surface area contributed by atoms with E-state index in [1.807, 2.05) is 24.3 Å². The lowest BCUT2D eigenvalue weighted by Crippen LogP contribution is -2.25. The number of benzene rings is 2. The number of halogens is 1. The molecule has 6 heteroatoms. The Hall–Kier alpha value is -2.08. The zero-order valence-electron chi connectivity index (χ0n) is 18.0. The lowest BCUT2D eigenvalue weighted by Gasteiger charge is -2.22. The number of aromatic nitrogens is 1. The minimum absolute atomic E-state index is 0. The van der Waals surface area contributed by atoms with Crippen LogP contribution in [0, 0.1) is 0 Å². The number of fused-ring (bicyclic) bond motifs is 2. The Kier molecular flexibility index (Phi) is 8.50. The summed E-state index contributed by atoms with van der Waals surface area (Å²) >= 11 is 6.22. The summed E-state index contributed by atoms with van der Waals surface area (Å²) in [5.41, 5.74) is 2.95. The zero-order chi connectivity index (χ0) is 20.1. The van der Waals surface area contributed by atoms with Gasteiger partial charge in [-0.2, -0.15) is 0 Å². The summed E-state index contributed by atoms with van der Waals surface area (Å²) in [6, 6.07) is 12.3. The highest BCUT2D eigenvalue weighted by atomic mass is 35.5. The fourth-order valence-electron chi connectivity index (χ4n) is 3.66. The van der Waals surface area contributed by atoms with E-state index in [0.717, 1.165) is 59.3 Å². The predicted molar refractivity (Wildman–Crippen MR) is 126 cm³/mol.